The van der Waals surface area contributed by atoms with Crippen LogP contribution in [0.4, 0.5) is 0 Å². The largest absolute Gasteiger partial charge is 0.487 e. The van der Waals surface area contributed by atoms with Crippen LogP contribution in [0.25, 0.3) is 6.08 Å². The summed E-state index contributed by atoms with van der Waals surface area (Å²) in [5, 5.41) is 0. The Kier molecular flexibility index (Phi) is 5.64. The number of nitrogens with zero attached hydrogens (tertiary/aromatic N) is 1. The van der Waals surface area contributed by atoms with Crippen molar-refractivity contribution in [1.82, 2.24) is 4.90 Å². The quantitative estimate of drug-likeness (QED) is 0.764. The van der Waals surface area contributed by atoms with Crippen molar-refractivity contribution in [3.63, 3.8) is 0 Å². The summed E-state index contributed by atoms with van der Waals surface area (Å²) in [6.07, 6.45) is 2.69. The molecule has 2 aliphatic rings. The van der Waals surface area contributed by atoms with Crippen LogP contribution in [-0.2, 0) is 20.6 Å². The highest BCUT2D eigenvalue weighted by Gasteiger charge is 2.49. The maximum atomic E-state index is 6.03. The fourth-order valence-electron chi connectivity index (χ4n) is 3.62. The van der Waals surface area contributed by atoms with Crippen molar-refractivity contribution in [2.45, 2.75) is 71.5 Å². The highest BCUT2D eigenvalue weighted by molar-refractivity contribution is 6.52. The predicted octanol–water partition coefficient (Wildman–Crippen LogP) is 3.94. The number of hydrogen-bond donors (Lipinski definition) is 0. The van der Waals surface area contributed by atoms with Crippen molar-refractivity contribution in [1.29, 1.82) is 0 Å². The zero-order valence-corrected chi connectivity index (χ0v) is 17.0. The standard InChI is InChI=1S/C21H32BNO3/c1-16-13-23(14-17(2)24-16)15-19-9-7-8-18(12-19)10-11-22-25-20(3,4)21(5,6)26-22/h7-12,16-17H,13-15H2,1-6H3/b11-10+/t16-,17+. The molecule has 0 bridgehead atoms. The normalized spacial score (nSPS) is 28.8. The van der Waals surface area contributed by atoms with Crippen LogP contribution in [0.3, 0.4) is 0 Å². The first-order valence-corrected chi connectivity index (χ1v) is 9.65. The van der Waals surface area contributed by atoms with E-state index in [4.69, 9.17) is 14.0 Å². The van der Waals surface area contributed by atoms with Gasteiger partial charge in [-0.2, -0.15) is 0 Å². The summed E-state index contributed by atoms with van der Waals surface area (Å²) in [6.45, 7) is 15.5. The maximum Gasteiger partial charge on any atom is 0.487 e. The summed E-state index contributed by atoms with van der Waals surface area (Å²) in [5.41, 5.74) is 1.90. The molecule has 4 nitrogen and oxygen atoms in total. The molecule has 1 aromatic carbocycles. The van der Waals surface area contributed by atoms with Gasteiger partial charge in [0.1, 0.15) is 0 Å². The number of hydrogen-bond acceptors (Lipinski definition) is 4. The molecule has 3 rings (SSSR count). The molecule has 2 fully saturated rings. The monoisotopic (exact) mass is 357 g/mol. The number of morpholine rings is 1. The van der Waals surface area contributed by atoms with E-state index in [2.05, 4.69) is 76.8 Å². The zero-order chi connectivity index (χ0) is 18.9. The predicted molar refractivity (Wildman–Crippen MR) is 107 cm³/mol. The fourth-order valence-corrected chi connectivity index (χ4v) is 3.62. The highest BCUT2D eigenvalue weighted by Crippen LogP contribution is 2.37. The number of rotatable bonds is 4. The lowest BCUT2D eigenvalue weighted by atomic mass is 9.89. The van der Waals surface area contributed by atoms with Gasteiger partial charge in [-0.1, -0.05) is 36.3 Å². The van der Waals surface area contributed by atoms with Gasteiger partial charge in [0.25, 0.3) is 0 Å². The molecule has 142 valence electrons. The lowest BCUT2D eigenvalue weighted by Gasteiger charge is -2.35. The molecule has 2 saturated heterocycles. The smallest absolute Gasteiger partial charge is 0.400 e. The van der Waals surface area contributed by atoms with Crippen LogP contribution in [0.15, 0.2) is 30.2 Å². The Labute approximate surface area is 158 Å². The molecule has 2 heterocycles. The number of benzene rings is 1. The molecule has 0 saturated carbocycles. The lowest BCUT2D eigenvalue weighted by Crippen LogP contribution is -2.44. The van der Waals surface area contributed by atoms with Crippen molar-refractivity contribution < 1.29 is 14.0 Å². The van der Waals surface area contributed by atoms with Crippen molar-refractivity contribution in [2.24, 2.45) is 0 Å². The Balaban J connectivity index is 1.63. The summed E-state index contributed by atoms with van der Waals surface area (Å²) in [6, 6.07) is 8.67. The van der Waals surface area contributed by atoms with Crippen LogP contribution in [0.2, 0.25) is 0 Å². The van der Waals surface area contributed by atoms with Gasteiger partial charge in [0.15, 0.2) is 0 Å². The minimum absolute atomic E-state index is 0.296. The Morgan fingerprint density at radius 2 is 1.69 bits per heavy atom. The minimum atomic E-state index is -0.301. The van der Waals surface area contributed by atoms with Crippen molar-refractivity contribution >= 4 is 13.2 Å². The van der Waals surface area contributed by atoms with E-state index in [1.165, 1.54) is 11.1 Å². The molecule has 0 N–H and O–H groups in total. The van der Waals surface area contributed by atoms with Crippen molar-refractivity contribution in [3.8, 4) is 0 Å². The molecule has 0 aromatic heterocycles. The molecule has 5 heteroatoms. The zero-order valence-electron chi connectivity index (χ0n) is 17.0. The van der Waals surface area contributed by atoms with E-state index < -0.39 is 0 Å². The molecular formula is C21H32BNO3. The topological polar surface area (TPSA) is 30.9 Å². The van der Waals surface area contributed by atoms with Gasteiger partial charge in [-0.05, 0) is 52.7 Å². The van der Waals surface area contributed by atoms with E-state index >= 15 is 0 Å². The third-order valence-electron chi connectivity index (χ3n) is 5.57. The third kappa shape index (κ3) is 4.58. The Bertz CT molecular complexity index is 632. The first kappa shape index (κ1) is 19.6. The maximum absolute atomic E-state index is 6.03. The van der Waals surface area contributed by atoms with Crippen LogP contribution in [0.1, 0.15) is 52.7 Å². The fraction of sp³-hybridized carbons (Fsp3) is 0.619. The second-order valence-electron chi connectivity index (χ2n) is 8.68. The third-order valence-corrected chi connectivity index (χ3v) is 5.57. The van der Waals surface area contributed by atoms with Gasteiger partial charge in [-0.15, -0.1) is 0 Å². The van der Waals surface area contributed by atoms with Crippen LogP contribution in [-0.4, -0.2) is 48.5 Å². The van der Waals surface area contributed by atoms with Gasteiger partial charge in [0.2, 0.25) is 0 Å². The second kappa shape index (κ2) is 7.47. The van der Waals surface area contributed by atoms with Gasteiger partial charge >= 0.3 is 7.12 Å². The first-order valence-electron chi connectivity index (χ1n) is 9.65. The van der Waals surface area contributed by atoms with Crippen molar-refractivity contribution in [2.75, 3.05) is 13.1 Å². The van der Waals surface area contributed by atoms with E-state index in [0.717, 1.165) is 19.6 Å². The van der Waals surface area contributed by atoms with E-state index in [9.17, 15) is 0 Å². The molecule has 0 unspecified atom stereocenters. The summed E-state index contributed by atoms with van der Waals surface area (Å²) in [7, 11) is -0.301. The molecular weight excluding hydrogens is 325 g/mol. The van der Waals surface area contributed by atoms with E-state index in [1.54, 1.807) is 0 Å². The minimum Gasteiger partial charge on any atom is -0.400 e. The van der Waals surface area contributed by atoms with E-state index in [1.807, 2.05) is 5.98 Å². The summed E-state index contributed by atoms with van der Waals surface area (Å²) >= 11 is 0. The highest BCUT2D eigenvalue weighted by atomic mass is 16.7. The molecule has 0 radical (unpaired) electrons. The van der Waals surface area contributed by atoms with Gasteiger partial charge < -0.3 is 14.0 Å². The van der Waals surface area contributed by atoms with Crippen LogP contribution in [0, 0.1) is 0 Å². The Morgan fingerprint density at radius 3 is 2.31 bits per heavy atom. The second-order valence-corrected chi connectivity index (χ2v) is 8.68. The van der Waals surface area contributed by atoms with Gasteiger partial charge in [0, 0.05) is 19.6 Å². The van der Waals surface area contributed by atoms with Crippen LogP contribution in [0.5, 0.6) is 0 Å². The molecule has 26 heavy (non-hydrogen) atoms. The van der Waals surface area contributed by atoms with Gasteiger partial charge in [-0.25, -0.2) is 0 Å². The van der Waals surface area contributed by atoms with Gasteiger partial charge in [-0.3, -0.25) is 4.90 Å². The van der Waals surface area contributed by atoms with E-state index in [0.29, 0.717) is 12.2 Å². The average molecular weight is 357 g/mol. The molecule has 2 aliphatic heterocycles. The van der Waals surface area contributed by atoms with E-state index in [-0.39, 0.29) is 18.3 Å². The first-order chi connectivity index (χ1) is 12.1. The SMILES string of the molecule is C[C@@H]1CN(Cc2cccc(/C=C/B3OC(C)(C)C(C)(C)O3)c2)C[C@H](C)O1. The Morgan fingerprint density at radius 1 is 1.08 bits per heavy atom. The average Bonchev–Trinajstić information content (AvgIpc) is 2.72. The van der Waals surface area contributed by atoms with Crippen LogP contribution >= 0.6 is 0 Å². The van der Waals surface area contributed by atoms with Gasteiger partial charge in [0.05, 0.1) is 23.4 Å². The van der Waals surface area contributed by atoms with Crippen LogP contribution < -0.4 is 0 Å². The summed E-state index contributed by atoms with van der Waals surface area (Å²) in [5.74, 6) is 2.01. The Hall–Kier alpha value is -1.14. The molecule has 0 aliphatic carbocycles. The number of ether oxygens (including phenoxy) is 1. The molecule has 0 spiro atoms. The lowest BCUT2D eigenvalue weighted by molar-refractivity contribution is -0.0704. The van der Waals surface area contributed by atoms with Crippen molar-refractivity contribution in [3.05, 3.63) is 41.4 Å². The summed E-state index contributed by atoms with van der Waals surface area (Å²) in [4.78, 5) is 2.47. The summed E-state index contributed by atoms with van der Waals surface area (Å²) < 4.78 is 17.9. The molecule has 1 aromatic rings. The molecule has 2 atom stereocenters. The molecule has 0 amide bonds.